The average molecular weight is 345 g/mol. The third-order valence-corrected chi connectivity index (χ3v) is 3.75. The van der Waals surface area contributed by atoms with E-state index in [1.165, 1.54) is 6.07 Å². The number of rotatable bonds is 6. The monoisotopic (exact) mass is 345 g/mol. The van der Waals surface area contributed by atoms with E-state index in [0.717, 1.165) is 16.5 Å². The zero-order valence-corrected chi connectivity index (χ0v) is 13.6. The van der Waals surface area contributed by atoms with Crippen molar-refractivity contribution in [3.63, 3.8) is 0 Å². The topological polar surface area (TPSA) is 56.1 Å². The van der Waals surface area contributed by atoms with Crippen LogP contribution in [0, 0.1) is 6.92 Å². The molecule has 1 N–H and O–H groups in total. The van der Waals surface area contributed by atoms with Crippen molar-refractivity contribution in [1.29, 1.82) is 0 Å². The number of halogens is 2. The SMILES string of the molecule is Cc1ccc(OC(F)F)c(CNC(=O)Cn2ncc3ccccc32)c1. The van der Waals surface area contributed by atoms with Gasteiger partial charge < -0.3 is 10.1 Å². The van der Waals surface area contributed by atoms with E-state index < -0.39 is 6.61 Å². The molecule has 130 valence electrons. The van der Waals surface area contributed by atoms with E-state index in [-0.39, 0.29) is 24.7 Å². The van der Waals surface area contributed by atoms with Crippen molar-refractivity contribution >= 4 is 16.8 Å². The van der Waals surface area contributed by atoms with Crippen LogP contribution in [0.4, 0.5) is 8.78 Å². The Kier molecular flexibility index (Phi) is 4.92. The number of nitrogens with one attached hydrogen (secondary N) is 1. The number of carbonyl (C=O) groups is 1. The van der Waals surface area contributed by atoms with Gasteiger partial charge >= 0.3 is 6.61 Å². The number of aromatic nitrogens is 2. The third kappa shape index (κ3) is 4.12. The Morgan fingerprint density at radius 3 is 2.88 bits per heavy atom. The molecule has 3 aromatic rings. The van der Waals surface area contributed by atoms with Gasteiger partial charge in [0.2, 0.25) is 5.91 Å². The number of alkyl halides is 2. The quantitative estimate of drug-likeness (QED) is 0.746. The van der Waals surface area contributed by atoms with E-state index in [0.29, 0.717) is 5.56 Å². The zero-order chi connectivity index (χ0) is 17.8. The Labute approximate surface area is 143 Å². The Morgan fingerprint density at radius 1 is 1.28 bits per heavy atom. The lowest BCUT2D eigenvalue weighted by molar-refractivity contribution is -0.121. The summed E-state index contributed by atoms with van der Waals surface area (Å²) >= 11 is 0. The van der Waals surface area contributed by atoms with Crippen molar-refractivity contribution in [3.05, 3.63) is 59.8 Å². The number of fused-ring (bicyclic) bond motifs is 1. The predicted molar refractivity (Wildman–Crippen MR) is 89.4 cm³/mol. The predicted octanol–water partition coefficient (Wildman–Crippen LogP) is 3.26. The van der Waals surface area contributed by atoms with Crippen LogP contribution in [0.1, 0.15) is 11.1 Å². The summed E-state index contributed by atoms with van der Waals surface area (Å²) < 4.78 is 31.0. The summed E-state index contributed by atoms with van der Waals surface area (Å²) in [5.41, 5.74) is 2.25. The second-order valence-corrected chi connectivity index (χ2v) is 5.63. The highest BCUT2D eigenvalue weighted by Gasteiger charge is 2.12. The van der Waals surface area contributed by atoms with Gasteiger partial charge in [-0.2, -0.15) is 13.9 Å². The van der Waals surface area contributed by atoms with Crippen LogP contribution in [-0.4, -0.2) is 22.3 Å². The maximum atomic E-state index is 12.5. The van der Waals surface area contributed by atoms with Crippen molar-refractivity contribution in [2.45, 2.75) is 26.6 Å². The summed E-state index contributed by atoms with van der Waals surface area (Å²) in [6.45, 7) is -0.924. The maximum absolute atomic E-state index is 12.5. The molecule has 0 saturated heterocycles. The molecule has 0 radical (unpaired) electrons. The first-order valence-electron chi connectivity index (χ1n) is 7.74. The fraction of sp³-hybridized carbons (Fsp3) is 0.222. The lowest BCUT2D eigenvalue weighted by Gasteiger charge is -2.12. The molecule has 0 aliphatic heterocycles. The van der Waals surface area contributed by atoms with Crippen molar-refractivity contribution in [1.82, 2.24) is 15.1 Å². The van der Waals surface area contributed by atoms with Crippen LogP contribution in [0.15, 0.2) is 48.7 Å². The molecule has 3 rings (SSSR count). The van der Waals surface area contributed by atoms with Crippen LogP contribution in [0.3, 0.4) is 0 Å². The van der Waals surface area contributed by atoms with Gasteiger partial charge in [-0.3, -0.25) is 9.48 Å². The van der Waals surface area contributed by atoms with E-state index in [2.05, 4.69) is 15.2 Å². The Balaban J connectivity index is 1.67. The summed E-state index contributed by atoms with van der Waals surface area (Å²) in [6, 6.07) is 12.4. The van der Waals surface area contributed by atoms with Crippen LogP contribution in [0.2, 0.25) is 0 Å². The minimum Gasteiger partial charge on any atom is -0.434 e. The second kappa shape index (κ2) is 7.29. The van der Waals surface area contributed by atoms with Crippen LogP contribution >= 0.6 is 0 Å². The molecule has 0 saturated carbocycles. The summed E-state index contributed by atoms with van der Waals surface area (Å²) in [5.74, 6) is -0.205. The van der Waals surface area contributed by atoms with E-state index in [4.69, 9.17) is 0 Å². The largest absolute Gasteiger partial charge is 0.434 e. The molecule has 1 aromatic heterocycles. The molecule has 0 fully saturated rings. The Bertz CT molecular complexity index is 893. The molecule has 1 amide bonds. The van der Waals surface area contributed by atoms with Gasteiger partial charge in [0.1, 0.15) is 12.3 Å². The number of nitrogens with zero attached hydrogens (tertiary/aromatic N) is 2. The van der Waals surface area contributed by atoms with Crippen LogP contribution < -0.4 is 10.1 Å². The van der Waals surface area contributed by atoms with E-state index in [1.54, 1.807) is 23.0 Å². The van der Waals surface area contributed by atoms with Gasteiger partial charge in [0.15, 0.2) is 0 Å². The summed E-state index contributed by atoms with van der Waals surface area (Å²) in [6.07, 6.45) is 1.69. The molecule has 0 atom stereocenters. The van der Waals surface area contributed by atoms with Crippen molar-refractivity contribution in [3.8, 4) is 5.75 Å². The van der Waals surface area contributed by atoms with Gasteiger partial charge in [-0.25, -0.2) is 0 Å². The van der Waals surface area contributed by atoms with Gasteiger partial charge in [0.25, 0.3) is 0 Å². The van der Waals surface area contributed by atoms with E-state index in [9.17, 15) is 13.6 Å². The molecule has 1 heterocycles. The number of amides is 1. The number of ether oxygens (including phenoxy) is 1. The van der Waals surface area contributed by atoms with Crippen LogP contribution in [0.25, 0.3) is 10.9 Å². The molecule has 5 nitrogen and oxygen atoms in total. The highest BCUT2D eigenvalue weighted by molar-refractivity contribution is 5.81. The number of carbonyl (C=O) groups excluding carboxylic acids is 1. The van der Waals surface area contributed by atoms with Crippen molar-refractivity contribution in [2.75, 3.05) is 0 Å². The second-order valence-electron chi connectivity index (χ2n) is 5.63. The normalized spacial score (nSPS) is 11.0. The standard InChI is InChI=1S/C18H17F2N3O2/c1-12-6-7-16(25-18(19)20)14(8-12)9-21-17(24)11-23-15-5-3-2-4-13(15)10-22-23/h2-8,10,18H,9,11H2,1H3,(H,21,24). The van der Waals surface area contributed by atoms with Crippen molar-refractivity contribution < 1.29 is 18.3 Å². The summed E-state index contributed by atoms with van der Waals surface area (Å²) in [4.78, 5) is 12.2. The van der Waals surface area contributed by atoms with Crippen molar-refractivity contribution in [2.24, 2.45) is 0 Å². The van der Waals surface area contributed by atoms with Gasteiger partial charge in [-0.05, 0) is 19.1 Å². The molecular weight excluding hydrogens is 328 g/mol. The molecule has 0 bridgehead atoms. The molecule has 0 aliphatic carbocycles. The zero-order valence-electron chi connectivity index (χ0n) is 13.6. The molecule has 7 heteroatoms. The summed E-state index contributed by atoms with van der Waals surface area (Å²) in [5, 5.41) is 7.86. The maximum Gasteiger partial charge on any atom is 0.387 e. The molecular formula is C18H17F2N3O2. The average Bonchev–Trinajstić information content (AvgIpc) is 2.98. The smallest absolute Gasteiger partial charge is 0.387 e. The molecule has 0 aliphatic rings. The lowest BCUT2D eigenvalue weighted by Crippen LogP contribution is -2.27. The number of para-hydroxylation sites is 1. The minimum atomic E-state index is -2.91. The fourth-order valence-corrected chi connectivity index (χ4v) is 2.59. The van der Waals surface area contributed by atoms with E-state index >= 15 is 0 Å². The Morgan fingerprint density at radius 2 is 2.08 bits per heavy atom. The first-order valence-corrected chi connectivity index (χ1v) is 7.74. The van der Waals surface area contributed by atoms with Gasteiger partial charge in [-0.1, -0.05) is 35.9 Å². The summed E-state index contributed by atoms with van der Waals surface area (Å²) in [7, 11) is 0. The first kappa shape index (κ1) is 16.9. The third-order valence-electron chi connectivity index (χ3n) is 3.75. The van der Waals surface area contributed by atoms with Crippen LogP contribution in [0.5, 0.6) is 5.75 Å². The van der Waals surface area contributed by atoms with Gasteiger partial charge in [0.05, 0.1) is 11.7 Å². The number of aryl methyl sites for hydroxylation is 1. The van der Waals surface area contributed by atoms with Crippen LogP contribution in [-0.2, 0) is 17.9 Å². The molecule has 0 spiro atoms. The first-order chi connectivity index (χ1) is 12.0. The van der Waals surface area contributed by atoms with Gasteiger partial charge in [0, 0.05) is 17.5 Å². The highest BCUT2D eigenvalue weighted by Crippen LogP contribution is 2.22. The lowest BCUT2D eigenvalue weighted by atomic mass is 10.1. The van der Waals surface area contributed by atoms with E-state index in [1.807, 2.05) is 31.2 Å². The molecule has 0 unspecified atom stereocenters. The molecule has 2 aromatic carbocycles. The Hall–Kier alpha value is -2.96. The highest BCUT2D eigenvalue weighted by atomic mass is 19.3. The number of benzene rings is 2. The minimum absolute atomic E-state index is 0.0460. The van der Waals surface area contributed by atoms with Gasteiger partial charge in [-0.15, -0.1) is 0 Å². The fourth-order valence-electron chi connectivity index (χ4n) is 2.59. The number of hydrogen-bond donors (Lipinski definition) is 1. The number of hydrogen-bond acceptors (Lipinski definition) is 3. The molecule has 25 heavy (non-hydrogen) atoms.